The highest BCUT2D eigenvalue weighted by molar-refractivity contribution is 5.98. The number of amides is 1. The molecule has 6 nitrogen and oxygen atoms in total. The van der Waals surface area contributed by atoms with E-state index in [2.05, 4.69) is 10.3 Å². The van der Waals surface area contributed by atoms with Gasteiger partial charge in [0.05, 0.1) is 12.8 Å². The van der Waals surface area contributed by atoms with E-state index < -0.39 is 17.9 Å². The second-order valence-electron chi connectivity index (χ2n) is 5.66. The summed E-state index contributed by atoms with van der Waals surface area (Å²) in [7, 11) is 1.54. The number of benzene rings is 1. The van der Waals surface area contributed by atoms with Crippen LogP contribution in [0.5, 0.6) is 5.75 Å². The molecule has 1 atom stereocenters. The Labute approximate surface area is 140 Å². The van der Waals surface area contributed by atoms with Crippen LogP contribution in [-0.2, 0) is 4.79 Å². The quantitative estimate of drug-likeness (QED) is 0.851. The number of rotatable bonds is 6. The van der Waals surface area contributed by atoms with Gasteiger partial charge in [-0.25, -0.2) is 4.79 Å². The Bertz CT molecular complexity index is 729. The first-order valence-corrected chi connectivity index (χ1v) is 7.57. The number of nitrogens with one attached hydrogen (secondary N) is 1. The average molecular weight is 328 g/mol. The summed E-state index contributed by atoms with van der Waals surface area (Å²) in [5.41, 5.74) is 1.69. The predicted octanol–water partition coefficient (Wildman–Crippen LogP) is 2.60. The normalized spacial score (nSPS) is 11.8. The largest absolute Gasteiger partial charge is 0.496 e. The van der Waals surface area contributed by atoms with Gasteiger partial charge in [0.15, 0.2) is 0 Å². The first-order chi connectivity index (χ1) is 11.4. The summed E-state index contributed by atoms with van der Waals surface area (Å²) in [4.78, 5) is 27.9. The van der Waals surface area contributed by atoms with Gasteiger partial charge in [0.2, 0.25) is 0 Å². The zero-order valence-electron chi connectivity index (χ0n) is 13.8. The number of nitrogens with zero attached hydrogens (tertiary/aromatic N) is 1. The number of carbonyl (C=O) groups excluding carboxylic acids is 1. The summed E-state index contributed by atoms with van der Waals surface area (Å²) in [6.45, 7) is 3.48. The fourth-order valence-corrected chi connectivity index (χ4v) is 2.31. The lowest BCUT2D eigenvalue weighted by molar-refractivity contribution is -0.140. The van der Waals surface area contributed by atoms with Gasteiger partial charge in [-0.15, -0.1) is 0 Å². The maximum atomic E-state index is 12.4. The van der Waals surface area contributed by atoms with E-state index in [0.717, 1.165) is 0 Å². The molecule has 1 aromatic carbocycles. The SMILES string of the molecule is COc1ccc(C(=O)N[C@H](C(=O)O)C(C)C)cc1-c1ccccn1. The molecule has 2 N–H and O–H groups in total. The van der Waals surface area contributed by atoms with Gasteiger partial charge in [-0.2, -0.15) is 0 Å². The minimum Gasteiger partial charge on any atom is -0.496 e. The summed E-state index contributed by atoms with van der Waals surface area (Å²) in [5, 5.41) is 11.8. The van der Waals surface area contributed by atoms with Gasteiger partial charge in [0.25, 0.3) is 5.91 Å². The first kappa shape index (κ1) is 17.5. The molecule has 0 aliphatic carbocycles. The van der Waals surface area contributed by atoms with Crippen LogP contribution in [0.15, 0.2) is 42.6 Å². The Kier molecular flexibility index (Phi) is 5.52. The van der Waals surface area contributed by atoms with Gasteiger partial charge in [-0.05, 0) is 36.2 Å². The molecule has 0 fully saturated rings. The minimum absolute atomic E-state index is 0.222. The molecular formula is C18H20N2O4. The number of pyridine rings is 1. The van der Waals surface area contributed by atoms with E-state index in [1.807, 2.05) is 12.1 Å². The van der Waals surface area contributed by atoms with E-state index >= 15 is 0 Å². The van der Waals surface area contributed by atoms with Crippen molar-refractivity contribution in [1.82, 2.24) is 10.3 Å². The standard InChI is InChI=1S/C18H20N2O4/c1-11(2)16(18(22)23)20-17(21)12-7-8-15(24-3)13(10-12)14-6-4-5-9-19-14/h4-11,16H,1-3H3,(H,20,21)(H,22,23)/t16-/m0/s1. The fraction of sp³-hybridized carbons (Fsp3) is 0.278. The zero-order chi connectivity index (χ0) is 17.7. The van der Waals surface area contributed by atoms with Gasteiger partial charge < -0.3 is 15.2 Å². The molecule has 0 saturated carbocycles. The third-order valence-corrected chi connectivity index (χ3v) is 3.62. The second kappa shape index (κ2) is 7.59. The Morgan fingerprint density at radius 3 is 2.50 bits per heavy atom. The molecule has 0 bridgehead atoms. The molecular weight excluding hydrogens is 308 g/mol. The molecule has 2 rings (SSSR count). The van der Waals surface area contributed by atoms with Crippen molar-refractivity contribution in [2.75, 3.05) is 7.11 Å². The van der Waals surface area contributed by atoms with Gasteiger partial charge in [0.1, 0.15) is 11.8 Å². The highest BCUT2D eigenvalue weighted by Gasteiger charge is 2.24. The van der Waals surface area contributed by atoms with Crippen LogP contribution in [-0.4, -0.2) is 35.1 Å². The van der Waals surface area contributed by atoms with Gasteiger partial charge in [0, 0.05) is 17.3 Å². The topological polar surface area (TPSA) is 88.5 Å². The molecule has 24 heavy (non-hydrogen) atoms. The monoisotopic (exact) mass is 328 g/mol. The van der Waals surface area contributed by atoms with Gasteiger partial charge in [-0.1, -0.05) is 19.9 Å². The molecule has 6 heteroatoms. The number of aliphatic carboxylic acids is 1. The Morgan fingerprint density at radius 1 is 1.21 bits per heavy atom. The molecule has 1 aromatic heterocycles. The van der Waals surface area contributed by atoms with Crippen LogP contribution in [0.1, 0.15) is 24.2 Å². The summed E-state index contributed by atoms with van der Waals surface area (Å²) in [6, 6.07) is 9.42. The van der Waals surface area contributed by atoms with Gasteiger partial charge in [-0.3, -0.25) is 9.78 Å². The van der Waals surface area contributed by atoms with E-state index in [1.54, 1.807) is 51.4 Å². The lowest BCUT2D eigenvalue weighted by Crippen LogP contribution is -2.44. The van der Waals surface area contributed by atoms with Crippen molar-refractivity contribution >= 4 is 11.9 Å². The van der Waals surface area contributed by atoms with Crippen LogP contribution in [0.2, 0.25) is 0 Å². The Morgan fingerprint density at radius 2 is 1.96 bits per heavy atom. The number of carbonyl (C=O) groups is 2. The van der Waals surface area contributed by atoms with Crippen molar-refractivity contribution < 1.29 is 19.4 Å². The van der Waals surface area contributed by atoms with Gasteiger partial charge >= 0.3 is 5.97 Å². The third kappa shape index (κ3) is 3.90. The molecule has 1 amide bonds. The van der Waals surface area contributed by atoms with Crippen LogP contribution < -0.4 is 10.1 Å². The number of carboxylic acids is 1. The van der Waals surface area contributed by atoms with Crippen LogP contribution in [0, 0.1) is 5.92 Å². The smallest absolute Gasteiger partial charge is 0.326 e. The van der Waals surface area contributed by atoms with E-state index in [0.29, 0.717) is 22.6 Å². The number of ether oxygens (including phenoxy) is 1. The molecule has 0 unspecified atom stereocenters. The number of aromatic nitrogens is 1. The van der Waals surface area contributed by atoms with Crippen molar-refractivity contribution in [3.05, 3.63) is 48.2 Å². The predicted molar refractivity (Wildman–Crippen MR) is 90.0 cm³/mol. The molecule has 0 spiro atoms. The molecule has 126 valence electrons. The van der Waals surface area contributed by atoms with Crippen molar-refractivity contribution in [2.45, 2.75) is 19.9 Å². The summed E-state index contributed by atoms with van der Waals surface area (Å²) >= 11 is 0. The average Bonchev–Trinajstić information content (AvgIpc) is 2.59. The van der Waals surface area contributed by atoms with Crippen LogP contribution >= 0.6 is 0 Å². The van der Waals surface area contributed by atoms with Crippen molar-refractivity contribution in [1.29, 1.82) is 0 Å². The molecule has 2 aromatic rings. The van der Waals surface area contributed by atoms with Crippen LogP contribution in [0.4, 0.5) is 0 Å². The summed E-state index contributed by atoms with van der Waals surface area (Å²) in [6.07, 6.45) is 1.65. The molecule has 0 aliphatic rings. The second-order valence-corrected chi connectivity index (χ2v) is 5.66. The first-order valence-electron chi connectivity index (χ1n) is 7.57. The van der Waals surface area contributed by atoms with Crippen molar-refractivity contribution in [3.63, 3.8) is 0 Å². The number of hydrogen-bond acceptors (Lipinski definition) is 4. The molecule has 0 radical (unpaired) electrons. The van der Waals surface area contributed by atoms with E-state index in [4.69, 9.17) is 4.74 Å². The van der Waals surface area contributed by atoms with E-state index in [1.165, 1.54) is 0 Å². The molecule has 0 aliphatic heterocycles. The van der Waals surface area contributed by atoms with E-state index in [-0.39, 0.29) is 5.92 Å². The van der Waals surface area contributed by atoms with Crippen LogP contribution in [0.3, 0.4) is 0 Å². The molecule has 1 heterocycles. The van der Waals surface area contributed by atoms with Crippen LogP contribution in [0.25, 0.3) is 11.3 Å². The lowest BCUT2D eigenvalue weighted by Gasteiger charge is -2.18. The lowest BCUT2D eigenvalue weighted by atomic mass is 10.0. The maximum absolute atomic E-state index is 12.4. The van der Waals surface area contributed by atoms with Crippen molar-refractivity contribution in [2.24, 2.45) is 5.92 Å². The summed E-state index contributed by atoms with van der Waals surface area (Å²) < 4.78 is 5.33. The van der Waals surface area contributed by atoms with Crippen molar-refractivity contribution in [3.8, 4) is 17.0 Å². The third-order valence-electron chi connectivity index (χ3n) is 3.62. The fourth-order valence-electron chi connectivity index (χ4n) is 2.31. The zero-order valence-corrected chi connectivity index (χ0v) is 13.8. The molecule has 0 saturated heterocycles. The number of hydrogen-bond donors (Lipinski definition) is 2. The number of carboxylic acid groups (broad SMARTS) is 1. The highest BCUT2D eigenvalue weighted by Crippen LogP contribution is 2.29. The maximum Gasteiger partial charge on any atom is 0.326 e. The Balaban J connectivity index is 2.35. The number of methoxy groups -OCH3 is 1. The summed E-state index contributed by atoms with van der Waals surface area (Å²) in [5.74, 6) is -1.14. The minimum atomic E-state index is -1.06. The van der Waals surface area contributed by atoms with E-state index in [9.17, 15) is 14.7 Å². The Hall–Kier alpha value is -2.89. The highest BCUT2D eigenvalue weighted by atomic mass is 16.5.